The van der Waals surface area contributed by atoms with E-state index in [1.165, 1.54) is 0 Å². The Labute approximate surface area is 197 Å². The summed E-state index contributed by atoms with van der Waals surface area (Å²) in [7, 11) is 0. The monoisotopic (exact) mass is 462 g/mol. The smallest absolute Gasteiger partial charge is 0.269 e. The van der Waals surface area contributed by atoms with E-state index >= 15 is 0 Å². The summed E-state index contributed by atoms with van der Waals surface area (Å²) in [5.41, 5.74) is 8.70. The Balaban J connectivity index is 1.82. The van der Waals surface area contributed by atoms with Crippen LogP contribution in [0.1, 0.15) is 50.7 Å². The molecule has 8 nitrogen and oxygen atoms in total. The summed E-state index contributed by atoms with van der Waals surface area (Å²) in [5.74, 6) is -0.420. The first-order chi connectivity index (χ1) is 15.7. The van der Waals surface area contributed by atoms with Gasteiger partial charge in [-0.3, -0.25) is 9.59 Å². The number of aryl methyl sites for hydroxylation is 1. The average Bonchev–Trinajstić information content (AvgIpc) is 3.24. The molecule has 3 aromatic rings. The van der Waals surface area contributed by atoms with Gasteiger partial charge in [0.05, 0.1) is 17.3 Å². The third-order valence-electron chi connectivity index (χ3n) is 5.14. The number of hydrogen-bond donors (Lipinski definition) is 2. The van der Waals surface area contributed by atoms with Crippen LogP contribution in [0.5, 0.6) is 0 Å². The Morgan fingerprint density at radius 1 is 1.21 bits per heavy atom. The molecule has 170 valence electrons. The molecule has 0 atom stereocenters. The van der Waals surface area contributed by atoms with Crippen LogP contribution >= 0.6 is 11.5 Å². The molecular formula is C24H26N6O2S. The van der Waals surface area contributed by atoms with Gasteiger partial charge in [0.1, 0.15) is 4.88 Å². The normalized spacial score (nSPS) is 11.0. The van der Waals surface area contributed by atoms with Crippen LogP contribution < -0.4 is 11.1 Å². The molecule has 1 aromatic heterocycles. The predicted molar refractivity (Wildman–Crippen MR) is 128 cm³/mol. The van der Waals surface area contributed by atoms with Gasteiger partial charge in [0.2, 0.25) is 0 Å². The third-order valence-corrected chi connectivity index (χ3v) is 5.96. The number of benzene rings is 2. The number of hydrogen-bond acceptors (Lipinski definition) is 7. The SMILES string of the molecule is Cc1nnsc1C(=O)Nc1cccc(CN(CC(C)(C)CN)C(=O)c2ccc(C#N)cc2)c1. The molecule has 1 heterocycles. The Hall–Kier alpha value is -3.61. The van der Waals surface area contributed by atoms with Gasteiger partial charge < -0.3 is 16.0 Å². The van der Waals surface area contributed by atoms with E-state index in [9.17, 15) is 9.59 Å². The quantitative estimate of drug-likeness (QED) is 0.527. The van der Waals surface area contributed by atoms with Crippen LogP contribution in [-0.2, 0) is 6.54 Å². The minimum Gasteiger partial charge on any atom is -0.334 e. The molecule has 0 bridgehead atoms. The minimum atomic E-state index is -0.287. The van der Waals surface area contributed by atoms with Gasteiger partial charge in [0.15, 0.2) is 0 Å². The highest BCUT2D eigenvalue weighted by atomic mass is 32.1. The van der Waals surface area contributed by atoms with Gasteiger partial charge in [0.25, 0.3) is 11.8 Å². The molecule has 3 rings (SSSR count). The van der Waals surface area contributed by atoms with Crippen molar-refractivity contribution in [2.75, 3.05) is 18.4 Å². The van der Waals surface area contributed by atoms with Crippen molar-refractivity contribution in [1.29, 1.82) is 5.26 Å². The fourth-order valence-corrected chi connectivity index (χ4v) is 3.80. The maximum atomic E-state index is 13.3. The third kappa shape index (κ3) is 6.22. The Morgan fingerprint density at radius 2 is 1.94 bits per heavy atom. The van der Waals surface area contributed by atoms with Gasteiger partial charge in [-0.15, -0.1) is 5.10 Å². The fraction of sp³-hybridized carbons (Fsp3) is 0.292. The number of nitriles is 1. The van der Waals surface area contributed by atoms with Crippen molar-refractivity contribution >= 4 is 29.0 Å². The molecule has 3 N–H and O–H groups in total. The highest BCUT2D eigenvalue weighted by molar-refractivity contribution is 7.08. The van der Waals surface area contributed by atoms with Gasteiger partial charge in [-0.25, -0.2) is 0 Å². The van der Waals surface area contributed by atoms with E-state index in [0.717, 1.165) is 17.1 Å². The van der Waals surface area contributed by atoms with Crippen LogP contribution in [0.4, 0.5) is 5.69 Å². The second kappa shape index (κ2) is 10.3. The Kier molecular flexibility index (Phi) is 7.53. The van der Waals surface area contributed by atoms with Crippen LogP contribution in [0, 0.1) is 23.7 Å². The van der Waals surface area contributed by atoms with Crippen LogP contribution in [0.2, 0.25) is 0 Å². The average molecular weight is 463 g/mol. The van der Waals surface area contributed by atoms with Crippen molar-refractivity contribution in [3.63, 3.8) is 0 Å². The van der Waals surface area contributed by atoms with Gasteiger partial charge in [-0.2, -0.15) is 5.26 Å². The molecule has 0 spiro atoms. The topological polar surface area (TPSA) is 125 Å². The Morgan fingerprint density at radius 3 is 2.55 bits per heavy atom. The summed E-state index contributed by atoms with van der Waals surface area (Å²) in [5, 5.41) is 15.8. The van der Waals surface area contributed by atoms with E-state index in [-0.39, 0.29) is 17.2 Å². The number of aromatic nitrogens is 2. The van der Waals surface area contributed by atoms with Gasteiger partial charge in [0, 0.05) is 24.3 Å². The van der Waals surface area contributed by atoms with Gasteiger partial charge >= 0.3 is 0 Å². The van der Waals surface area contributed by atoms with E-state index in [1.807, 2.05) is 32.0 Å². The predicted octanol–water partition coefficient (Wildman–Crippen LogP) is 3.60. The van der Waals surface area contributed by atoms with Crippen molar-refractivity contribution < 1.29 is 9.59 Å². The molecule has 0 aliphatic carbocycles. The molecule has 0 aliphatic rings. The molecule has 0 fully saturated rings. The lowest BCUT2D eigenvalue weighted by Crippen LogP contribution is -2.41. The summed E-state index contributed by atoms with van der Waals surface area (Å²) in [6.07, 6.45) is 0. The zero-order valence-electron chi connectivity index (χ0n) is 18.8. The second-order valence-electron chi connectivity index (χ2n) is 8.56. The lowest BCUT2D eigenvalue weighted by molar-refractivity contribution is 0.0673. The minimum absolute atomic E-state index is 0.151. The number of anilines is 1. The first-order valence-corrected chi connectivity index (χ1v) is 11.2. The highest BCUT2D eigenvalue weighted by Crippen LogP contribution is 2.21. The molecular weight excluding hydrogens is 436 g/mol. The standard InChI is InChI=1S/C24H26N6O2S/c1-16-21(33-29-28-16)22(31)27-20-6-4-5-18(11-20)13-30(15-24(2,3)14-26)23(32)19-9-7-17(12-25)8-10-19/h4-11H,13-15,26H2,1-3H3,(H,27,31). The molecule has 0 radical (unpaired) electrons. The van der Waals surface area contributed by atoms with Crippen molar-refractivity contribution in [2.24, 2.45) is 11.1 Å². The van der Waals surface area contributed by atoms with Gasteiger partial charge in [-0.1, -0.05) is 30.5 Å². The van der Waals surface area contributed by atoms with Crippen molar-refractivity contribution in [3.05, 3.63) is 75.8 Å². The summed E-state index contributed by atoms with van der Waals surface area (Å²) in [6.45, 7) is 6.96. The van der Waals surface area contributed by atoms with Crippen molar-refractivity contribution in [1.82, 2.24) is 14.5 Å². The second-order valence-corrected chi connectivity index (χ2v) is 9.31. The molecule has 0 saturated heterocycles. The number of nitrogens with two attached hydrogens (primary N) is 1. The van der Waals surface area contributed by atoms with Crippen LogP contribution in [0.15, 0.2) is 48.5 Å². The maximum Gasteiger partial charge on any atom is 0.269 e. The van der Waals surface area contributed by atoms with E-state index in [0.29, 0.717) is 47.0 Å². The number of nitrogens with zero attached hydrogens (tertiary/aromatic N) is 4. The highest BCUT2D eigenvalue weighted by Gasteiger charge is 2.25. The van der Waals surface area contributed by atoms with E-state index < -0.39 is 0 Å². The summed E-state index contributed by atoms with van der Waals surface area (Å²) in [4.78, 5) is 28.0. The lowest BCUT2D eigenvalue weighted by Gasteiger charge is -2.32. The zero-order chi connectivity index (χ0) is 24.0. The molecule has 2 aromatic carbocycles. The number of amides is 2. The largest absolute Gasteiger partial charge is 0.334 e. The first-order valence-electron chi connectivity index (χ1n) is 10.4. The first kappa shape index (κ1) is 24.0. The molecule has 9 heteroatoms. The van der Waals surface area contributed by atoms with Crippen LogP contribution in [0.3, 0.4) is 0 Å². The lowest BCUT2D eigenvalue weighted by atomic mass is 9.92. The van der Waals surface area contributed by atoms with Gasteiger partial charge in [-0.05, 0) is 72.4 Å². The number of carbonyl (C=O) groups is 2. The zero-order valence-corrected chi connectivity index (χ0v) is 19.6. The molecule has 0 aliphatic heterocycles. The summed E-state index contributed by atoms with van der Waals surface area (Å²) in [6, 6.07) is 16.0. The van der Waals surface area contributed by atoms with E-state index in [4.69, 9.17) is 11.0 Å². The Bertz CT molecular complexity index is 1180. The van der Waals surface area contributed by atoms with Crippen LogP contribution in [0.25, 0.3) is 0 Å². The van der Waals surface area contributed by atoms with E-state index in [2.05, 4.69) is 21.0 Å². The van der Waals surface area contributed by atoms with Crippen molar-refractivity contribution in [2.45, 2.75) is 27.3 Å². The summed E-state index contributed by atoms with van der Waals surface area (Å²) >= 11 is 1.05. The maximum absolute atomic E-state index is 13.3. The van der Waals surface area contributed by atoms with Crippen molar-refractivity contribution in [3.8, 4) is 6.07 Å². The fourth-order valence-electron chi connectivity index (χ4n) is 3.25. The number of rotatable bonds is 8. The summed E-state index contributed by atoms with van der Waals surface area (Å²) < 4.78 is 3.80. The van der Waals surface area contributed by atoms with Crippen LogP contribution in [-0.4, -0.2) is 39.4 Å². The molecule has 0 saturated carbocycles. The number of carbonyl (C=O) groups excluding carboxylic acids is 2. The molecule has 0 unspecified atom stereocenters. The number of nitrogens with one attached hydrogen (secondary N) is 1. The van der Waals surface area contributed by atoms with E-state index in [1.54, 1.807) is 42.2 Å². The molecule has 2 amide bonds. The molecule has 33 heavy (non-hydrogen) atoms.